The first-order valence-corrected chi connectivity index (χ1v) is 8.46. The van der Waals surface area contributed by atoms with E-state index in [0.717, 1.165) is 5.69 Å². The normalized spacial score (nSPS) is 10.8. The summed E-state index contributed by atoms with van der Waals surface area (Å²) in [6.45, 7) is 1.94. The van der Waals surface area contributed by atoms with E-state index in [1.54, 1.807) is 23.6 Å². The Bertz CT molecular complexity index is 935. The number of fused-ring (bicyclic) bond motifs is 1. The summed E-state index contributed by atoms with van der Waals surface area (Å²) in [6.07, 6.45) is 0.675. The van der Waals surface area contributed by atoms with Crippen molar-refractivity contribution < 1.29 is 14.3 Å². The first kappa shape index (κ1) is 16.7. The summed E-state index contributed by atoms with van der Waals surface area (Å²) in [5.74, 6) is -0.549. The molecule has 24 heavy (non-hydrogen) atoms. The Morgan fingerprint density at radius 2 is 2.00 bits per heavy atom. The molecule has 0 aliphatic rings. The number of aldehydes is 1. The highest BCUT2D eigenvalue weighted by Crippen LogP contribution is 2.35. The van der Waals surface area contributed by atoms with Crippen LogP contribution >= 0.6 is 27.5 Å². The second-order valence-electron chi connectivity index (χ2n) is 5.06. The van der Waals surface area contributed by atoms with Crippen molar-refractivity contribution in [3.05, 3.63) is 63.2 Å². The lowest BCUT2D eigenvalue weighted by Gasteiger charge is -2.10. The van der Waals surface area contributed by atoms with E-state index in [-0.39, 0.29) is 17.9 Å². The van der Waals surface area contributed by atoms with Gasteiger partial charge >= 0.3 is 5.97 Å². The number of hydrogen-bond acceptors (Lipinski definition) is 3. The predicted molar refractivity (Wildman–Crippen MR) is 97.3 cm³/mol. The lowest BCUT2D eigenvalue weighted by atomic mass is 10.1. The van der Waals surface area contributed by atoms with E-state index < -0.39 is 5.97 Å². The zero-order chi connectivity index (χ0) is 17.3. The summed E-state index contributed by atoms with van der Waals surface area (Å²) in [4.78, 5) is 24.2. The first-order valence-electron chi connectivity index (χ1n) is 7.29. The second kappa shape index (κ2) is 6.79. The zero-order valence-corrected chi connectivity index (χ0v) is 15.1. The average molecular weight is 407 g/mol. The minimum absolute atomic E-state index is 0.196. The van der Waals surface area contributed by atoms with Crippen molar-refractivity contribution in [2.24, 2.45) is 0 Å². The Hall–Kier alpha value is -2.11. The van der Waals surface area contributed by atoms with Gasteiger partial charge in [0.05, 0.1) is 22.7 Å². The number of carbonyl (C=O) groups is 2. The predicted octanol–water partition coefficient (Wildman–Crippen LogP) is 5.04. The van der Waals surface area contributed by atoms with Crippen molar-refractivity contribution in [2.45, 2.75) is 6.92 Å². The number of nitrogens with zero attached hydrogens (tertiary/aromatic N) is 1. The molecule has 0 saturated heterocycles. The topological polar surface area (TPSA) is 48.3 Å². The molecule has 3 aromatic rings. The molecule has 6 heteroatoms. The molecule has 1 aromatic heterocycles. The number of rotatable bonds is 4. The lowest BCUT2D eigenvalue weighted by Crippen LogP contribution is -2.13. The van der Waals surface area contributed by atoms with Crippen molar-refractivity contribution in [1.29, 1.82) is 0 Å². The van der Waals surface area contributed by atoms with E-state index in [1.807, 2.05) is 30.3 Å². The highest BCUT2D eigenvalue weighted by atomic mass is 79.9. The van der Waals surface area contributed by atoms with Crippen molar-refractivity contribution in [2.75, 3.05) is 6.61 Å². The number of halogens is 2. The van der Waals surface area contributed by atoms with Crippen LogP contribution in [0.1, 0.15) is 27.8 Å². The molecule has 2 aromatic carbocycles. The number of benzene rings is 2. The average Bonchev–Trinajstić information content (AvgIpc) is 2.89. The Labute approximate surface area is 152 Å². The minimum Gasteiger partial charge on any atom is -0.461 e. The van der Waals surface area contributed by atoms with Gasteiger partial charge in [-0.05, 0) is 47.1 Å². The van der Waals surface area contributed by atoms with Crippen LogP contribution in [0, 0.1) is 0 Å². The van der Waals surface area contributed by atoms with Crippen LogP contribution in [0.5, 0.6) is 0 Å². The molecular weight excluding hydrogens is 394 g/mol. The molecule has 0 fully saturated rings. The molecule has 0 atom stereocenters. The van der Waals surface area contributed by atoms with Gasteiger partial charge in [-0.3, -0.25) is 4.79 Å². The Morgan fingerprint density at radius 1 is 1.29 bits per heavy atom. The number of aromatic nitrogens is 1. The first-order chi connectivity index (χ1) is 11.6. The van der Waals surface area contributed by atoms with Crippen LogP contribution in [-0.4, -0.2) is 23.4 Å². The molecule has 0 amide bonds. The number of ether oxygens (including phenoxy) is 1. The van der Waals surface area contributed by atoms with Gasteiger partial charge in [0.25, 0.3) is 0 Å². The third-order valence-electron chi connectivity index (χ3n) is 3.65. The summed E-state index contributed by atoms with van der Waals surface area (Å²) in [5, 5.41) is 1.12. The van der Waals surface area contributed by atoms with E-state index in [1.165, 1.54) is 0 Å². The molecular formula is C18H13BrClNO3. The van der Waals surface area contributed by atoms with Crippen LogP contribution < -0.4 is 0 Å². The molecule has 122 valence electrons. The Kier molecular flexibility index (Phi) is 4.73. The molecule has 0 N–H and O–H groups in total. The van der Waals surface area contributed by atoms with E-state index in [4.69, 9.17) is 16.3 Å². The maximum absolute atomic E-state index is 12.5. The molecule has 4 nitrogen and oxygen atoms in total. The summed E-state index contributed by atoms with van der Waals surface area (Å²) in [6, 6.07) is 12.8. The maximum atomic E-state index is 12.5. The number of hydrogen-bond donors (Lipinski definition) is 0. The SMILES string of the molecule is CCOC(=O)c1c(C=O)c2cc(Br)c(Cl)cc2n1-c1ccccc1. The summed E-state index contributed by atoms with van der Waals surface area (Å²) in [7, 11) is 0. The molecule has 0 spiro atoms. The quantitative estimate of drug-likeness (QED) is 0.451. The molecule has 3 rings (SSSR count). The lowest BCUT2D eigenvalue weighted by molar-refractivity contribution is 0.0515. The van der Waals surface area contributed by atoms with Gasteiger partial charge < -0.3 is 9.30 Å². The monoisotopic (exact) mass is 405 g/mol. The number of esters is 1. The summed E-state index contributed by atoms with van der Waals surface area (Å²) < 4.78 is 7.52. The third-order valence-corrected chi connectivity index (χ3v) is 4.85. The van der Waals surface area contributed by atoms with Gasteiger partial charge in [-0.2, -0.15) is 0 Å². The van der Waals surface area contributed by atoms with Crippen molar-refractivity contribution in [3.63, 3.8) is 0 Å². The van der Waals surface area contributed by atoms with Crippen molar-refractivity contribution in [1.82, 2.24) is 4.57 Å². The molecule has 0 saturated carbocycles. The van der Waals surface area contributed by atoms with E-state index in [9.17, 15) is 9.59 Å². The van der Waals surface area contributed by atoms with Gasteiger partial charge in [0.1, 0.15) is 5.69 Å². The molecule has 0 radical (unpaired) electrons. The summed E-state index contributed by atoms with van der Waals surface area (Å²) in [5.41, 5.74) is 1.89. The van der Waals surface area contributed by atoms with E-state index >= 15 is 0 Å². The van der Waals surface area contributed by atoms with Crippen LogP contribution in [-0.2, 0) is 4.74 Å². The standard InChI is InChI=1S/C18H13BrClNO3/c1-2-24-18(23)17-13(10-22)12-8-14(19)15(20)9-16(12)21(17)11-6-4-3-5-7-11/h3-10H,2H2,1H3. The second-order valence-corrected chi connectivity index (χ2v) is 6.32. The van der Waals surface area contributed by atoms with Crippen LogP contribution in [0.2, 0.25) is 5.02 Å². The van der Waals surface area contributed by atoms with Gasteiger partial charge in [-0.15, -0.1) is 0 Å². The highest BCUT2D eigenvalue weighted by Gasteiger charge is 2.25. The Balaban J connectivity index is 2.45. The van der Waals surface area contributed by atoms with Gasteiger partial charge in [-0.1, -0.05) is 29.8 Å². The molecule has 0 unspecified atom stereocenters. The zero-order valence-electron chi connectivity index (χ0n) is 12.8. The van der Waals surface area contributed by atoms with Gasteiger partial charge in [0, 0.05) is 15.5 Å². The van der Waals surface area contributed by atoms with Crippen LogP contribution in [0.25, 0.3) is 16.6 Å². The highest BCUT2D eigenvalue weighted by molar-refractivity contribution is 9.10. The fourth-order valence-corrected chi connectivity index (χ4v) is 3.17. The van der Waals surface area contributed by atoms with E-state index in [0.29, 0.717) is 26.7 Å². The molecule has 1 heterocycles. The van der Waals surface area contributed by atoms with Crippen LogP contribution in [0.3, 0.4) is 0 Å². The van der Waals surface area contributed by atoms with Crippen molar-refractivity contribution in [3.8, 4) is 5.69 Å². The number of para-hydroxylation sites is 1. The van der Waals surface area contributed by atoms with Gasteiger partial charge in [-0.25, -0.2) is 4.79 Å². The van der Waals surface area contributed by atoms with E-state index in [2.05, 4.69) is 15.9 Å². The fourth-order valence-electron chi connectivity index (χ4n) is 2.67. The van der Waals surface area contributed by atoms with Crippen LogP contribution in [0.4, 0.5) is 0 Å². The fraction of sp³-hybridized carbons (Fsp3) is 0.111. The third kappa shape index (κ3) is 2.74. The molecule has 0 aliphatic carbocycles. The molecule has 0 aliphatic heterocycles. The summed E-state index contributed by atoms with van der Waals surface area (Å²) >= 11 is 9.59. The van der Waals surface area contributed by atoms with Crippen molar-refractivity contribution >= 4 is 50.7 Å². The Morgan fingerprint density at radius 3 is 2.62 bits per heavy atom. The van der Waals surface area contributed by atoms with Gasteiger partial charge in [0.15, 0.2) is 6.29 Å². The van der Waals surface area contributed by atoms with Crippen LogP contribution in [0.15, 0.2) is 46.9 Å². The number of carbonyl (C=O) groups excluding carboxylic acids is 2. The minimum atomic E-state index is -0.549. The molecule has 0 bridgehead atoms. The largest absolute Gasteiger partial charge is 0.461 e. The maximum Gasteiger partial charge on any atom is 0.356 e. The smallest absolute Gasteiger partial charge is 0.356 e. The van der Waals surface area contributed by atoms with Gasteiger partial charge in [0.2, 0.25) is 0 Å².